The van der Waals surface area contributed by atoms with Crippen molar-refractivity contribution in [1.82, 2.24) is 0 Å². The maximum atomic E-state index is 6.62. The van der Waals surface area contributed by atoms with Crippen LogP contribution in [0.2, 0.25) is 0 Å². The number of hydrogen-bond donors (Lipinski definition) is 0. The third-order valence-electron chi connectivity index (χ3n) is 11.2. The van der Waals surface area contributed by atoms with Crippen LogP contribution in [0.1, 0.15) is 0 Å². The summed E-state index contributed by atoms with van der Waals surface area (Å²) >= 11 is 5.07. The van der Waals surface area contributed by atoms with E-state index in [0.717, 1.165) is 39.7 Å². The first-order valence-corrected chi connectivity index (χ1v) is 19.5. The van der Waals surface area contributed by atoms with E-state index in [4.69, 9.17) is 9.47 Å². The molecule has 0 saturated carbocycles. The molecule has 52 heavy (non-hydrogen) atoms. The van der Waals surface area contributed by atoms with Gasteiger partial charge in [0.25, 0.3) is 0 Å². The molecular weight excluding hydrogens is 862 g/mol. The normalized spacial score (nSPS) is 12.7. The van der Waals surface area contributed by atoms with Crippen LogP contribution in [-0.4, -0.2) is 0 Å². The van der Waals surface area contributed by atoms with Crippen LogP contribution < -0.4 is 9.47 Å². The molecule has 12 rings (SSSR count). The van der Waals surface area contributed by atoms with E-state index in [1.165, 1.54) is 88.8 Å². The van der Waals surface area contributed by atoms with Crippen LogP contribution in [0.5, 0.6) is 23.0 Å². The van der Waals surface area contributed by atoms with E-state index in [1.807, 2.05) is 6.07 Å². The van der Waals surface area contributed by atoms with Gasteiger partial charge in [0.15, 0.2) is 0 Å². The summed E-state index contributed by atoms with van der Waals surface area (Å²) in [6.45, 7) is 0. The lowest BCUT2D eigenvalue weighted by Gasteiger charge is -2.24. The van der Waals surface area contributed by atoms with E-state index >= 15 is 0 Å². The topological polar surface area (TPSA) is 18.5 Å². The number of ether oxygens (including phenoxy) is 2. The molecule has 0 fully saturated rings. The van der Waals surface area contributed by atoms with Gasteiger partial charge in [0.1, 0.15) is 23.0 Å². The minimum atomic E-state index is 0.899. The van der Waals surface area contributed by atoms with Gasteiger partial charge in [-0.1, -0.05) is 103 Å². The number of halogens is 2. The maximum absolute atomic E-state index is 6.62. The lowest BCUT2D eigenvalue weighted by Crippen LogP contribution is -1.98. The minimum absolute atomic E-state index is 0.899. The molecule has 0 spiro atoms. The smallest absolute Gasteiger partial charge is 0.135 e. The second kappa shape index (κ2) is 10.7. The average molecular weight is 887 g/mol. The van der Waals surface area contributed by atoms with Crippen molar-refractivity contribution in [2.45, 2.75) is 0 Å². The zero-order valence-corrected chi connectivity index (χ0v) is 31.7. The largest absolute Gasteiger partial charge is 0.456 e. The van der Waals surface area contributed by atoms with Gasteiger partial charge >= 0.3 is 0 Å². The predicted octanol–water partition coefficient (Wildman–Crippen LogP) is 15.0. The van der Waals surface area contributed by atoms with E-state index in [1.54, 1.807) is 0 Å². The Hall–Kier alpha value is -5.18. The first kappa shape index (κ1) is 29.4. The minimum Gasteiger partial charge on any atom is -0.456 e. The predicted molar refractivity (Wildman–Crippen MR) is 232 cm³/mol. The molecule has 0 N–H and O–H groups in total. The Bertz CT molecular complexity index is 3210. The molecule has 0 atom stereocenters. The molecule has 0 amide bonds. The number of benzene rings is 10. The first-order chi connectivity index (χ1) is 25.6. The van der Waals surface area contributed by atoms with Crippen molar-refractivity contribution in [1.29, 1.82) is 0 Å². The fraction of sp³-hybridized carbons (Fsp3) is 0. The van der Waals surface area contributed by atoms with Crippen LogP contribution in [0, 0.1) is 7.14 Å². The van der Waals surface area contributed by atoms with Crippen molar-refractivity contribution in [2.24, 2.45) is 0 Å². The van der Waals surface area contributed by atoms with Gasteiger partial charge in [-0.15, -0.1) is 0 Å². The van der Waals surface area contributed by atoms with Crippen molar-refractivity contribution >= 4 is 99.0 Å². The van der Waals surface area contributed by atoms with Gasteiger partial charge in [-0.05, 0) is 164 Å². The molecule has 2 heterocycles. The number of para-hydroxylation sites is 1. The highest BCUT2D eigenvalue weighted by molar-refractivity contribution is 14.1. The Labute approximate surface area is 326 Å². The first-order valence-electron chi connectivity index (χ1n) is 17.4. The Balaban J connectivity index is 1.10. The molecule has 0 aliphatic carbocycles. The third kappa shape index (κ3) is 3.94. The molecule has 10 aromatic rings. The van der Waals surface area contributed by atoms with E-state index in [2.05, 4.69) is 185 Å². The molecule has 0 unspecified atom stereocenters. The number of rotatable bonds is 2. The lowest BCUT2D eigenvalue weighted by atomic mass is 9.85. The number of fused-ring (bicyclic) bond motifs is 4. The summed E-state index contributed by atoms with van der Waals surface area (Å²) < 4.78 is 15.6. The summed E-state index contributed by atoms with van der Waals surface area (Å²) in [6, 6.07) is 53.0. The summed E-state index contributed by atoms with van der Waals surface area (Å²) in [6.07, 6.45) is 0. The van der Waals surface area contributed by atoms with Gasteiger partial charge in [-0.3, -0.25) is 0 Å². The average Bonchev–Trinajstić information content (AvgIpc) is 3.18. The summed E-state index contributed by atoms with van der Waals surface area (Å²) in [5.41, 5.74) is 9.54. The quantitative estimate of drug-likeness (QED) is 0.127. The van der Waals surface area contributed by atoms with Crippen LogP contribution in [-0.2, 0) is 0 Å². The summed E-state index contributed by atoms with van der Waals surface area (Å²) in [5, 5.41) is 12.5. The summed E-state index contributed by atoms with van der Waals surface area (Å²) in [7, 11) is 0. The third-order valence-corrected chi connectivity index (χ3v) is 12.9. The second-order valence-corrected chi connectivity index (χ2v) is 16.1. The van der Waals surface area contributed by atoms with Crippen LogP contribution in [0.15, 0.2) is 146 Å². The molecule has 4 heteroatoms. The van der Waals surface area contributed by atoms with Crippen LogP contribution in [0.3, 0.4) is 0 Å². The molecule has 0 aromatic heterocycles. The highest BCUT2D eigenvalue weighted by atomic mass is 127. The molecule has 2 nitrogen and oxygen atoms in total. The number of hydrogen-bond acceptors (Lipinski definition) is 2. The second-order valence-electron chi connectivity index (χ2n) is 13.8. The highest BCUT2D eigenvalue weighted by Crippen LogP contribution is 2.52. The van der Waals surface area contributed by atoms with Gasteiger partial charge in [-0.2, -0.15) is 0 Å². The fourth-order valence-corrected chi connectivity index (χ4v) is 10.4. The van der Waals surface area contributed by atoms with Crippen molar-refractivity contribution < 1.29 is 9.47 Å². The van der Waals surface area contributed by atoms with Crippen molar-refractivity contribution in [3.8, 4) is 67.5 Å². The maximum Gasteiger partial charge on any atom is 0.135 e. The highest BCUT2D eigenvalue weighted by Gasteiger charge is 2.25. The molecule has 2 aliphatic heterocycles. The molecular formula is C48H24I2O2. The van der Waals surface area contributed by atoms with Crippen molar-refractivity contribution in [3.63, 3.8) is 0 Å². The Morgan fingerprint density at radius 3 is 1.69 bits per heavy atom. The van der Waals surface area contributed by atoms with Gasteiger partial charge in [-0.25, -0.2) is 0 Å². The van der Waals surface area contributed by atoms with E-state index in [0.29, 0.717) is 0 Å². The SMILES string of the molecule is Ic1cc(-c2ccc3c(c2)Oc2cccc4cccc-3c24)c2ccc3c(I)cc(-c4ccc5c6c(cccc46)-c4ccccc4O5)c4ccc1c2c34. The van der Waals surface area contributed by atoms with Gasteiger partial charge in [0.2, 0.25) is 0 Å². The van der Waals surface area contributed by atoms with Gasteiger partial charge < -0.3 is 9.47 Å². The molecule has 0 saturated heterocycles. The van der Waals surface area contributed by atoms with Gasteiger partial charge in [0.05, 0.1) is 0 Å². The molecule has 0 radical (unpaired) electrons. The molecule has 0 bridgehead atoms. The lowest BCUT2D eigenvalue weighted by molar-refractivity contribution is 0.487. The van der Waals surface area contributed by atoms with Crippen molar-refractivity contribution in [2.75, 3.05) is 0 Å². The standard InChI is InChI=1S/C48H24I2O2/c49-39-23-37(26-14-15-29-31-9-3-6-25-7-4-13-42(45(25)31)52-44(29)22-26)33-16-18-36-40(50)24-38(34-17-19-35(39)47(33)48(34)36)27-20-21-43-46-30(27)10-5-11-32(46)28-8-1-2-12-41(28)51-43/h1-24H. The van der Waals surface area contributed by atoms with Gasteiger partial charge in [0, 0.05) is 29.0 Å². The van der Waals surface area contributed by atoms with Crippen molar-refractivity contribution in [3.05, 3.63) is 153 Å². The summed E-state index contributed by atoms with van der Waals surface area (Å²) in [4.78, 5) is 0. The molecule has 242 valence electrons. The van der Waals surface area contributed by atoms with E-state index in [-0.39, 0.29) is 0 Å². The zero-order valence-electron chi connectivity index (χ0n) is 27.4. The Kier molecular flexibility index (Phi) is 6.04. The van der Waals surface area contributed by atoms with E-state index in [9.17, 15) is 0 Å². The van der Waals surface area contributed by atoms with E-state index < -0.39 is 0 Å². The summed E-state index contributed by atoms with van der Waals surface area (Å²) in [5.74, 6) is 3.63. The Morgan fingerprint density at radius 2 is 0.865 bits per heavy atom. The monoisotopic (exact) mass is 886 g/mol. The van der Waals surface area contributed by atoms with Crippen LogP contribution in [0.4, 0.5) is 0 Å². The fourth-order valence-electron chi connectivity index (χ4n) is 8.92. The molecule has 10 aromatic carbocycles. The van der Waals surface area contributed by atoms with Crippen LogP contribution in [0.25, 0.3) is 98.4 Å². The zero-order chi connectivity index (χ0) is 34.2. The Morgan fingerprint density at radius 1 is 0.308 bits per heavy atom. The van der Waals surface area contributed by atoms with Crippen LogP contribution >= 0.6 is 45.2 Å². The molecule has 2 aliphatic rings.